The third-order valence-corrected chi connectivity index (χ3v) is 2.22. The van der Waals surface area contributed by atoms with Crippen LogP contribution in [0.25, 0.3) is 0 Å². The van der Waals surface area contributed by atoms with Crippen LogP contribution in [0.1, 0.15) is 13.3 Å². The third kappa shape index (κ3) is 1.66. The molecule has 0 amide bonds. The van der Waals surface area contributed by atoms with Gasteiger partial charge in [-0.1, -0.05) is 6.92 Å². The predicted molar refractivity (Wildman–Crippen MR) is 39.3 cm³/mol. The van der Waals surface area contributed by atoms with Gasteiger partial charge in [0.2, 0.25) is 0 Å². The molecule has 2 N–H and O–H groups in total. The van der Waals surface area contributed by atoms with Gasteiger partial charge in [0.05, 0.1) is 0 Å². The summed E-state index contributed by atoms with van der Waals surface area (Å²) < 4.78 is 0. The Balaban J connectivity index is 2.35. The van der Waals surface area contributed by atoms with Crippen LogP contribution in [-0.4, -0.2) is 31.1 Å². The zero-order valence-corrected chi connectivity index (χ0v) is 6.30. The topological polar surface area (TPSA) is 29.3 Å². The minimum Gasteiger partial charge on any atom is -0.326 e. The molecule has 9 heavy (non-hydrogen) atoms. The van der Waals surface area contributed by atoms with Gasteiger partial charge >= 0.3 is 0 Å². The number of likely N-dealkylation sites (N-methyl/N-ethyl adjacent to an activating group) is 1. The summed E-state index contributed by atoms with van der Waals surface area (Å²) in [4.78, 5) is 2.30. The molecular formula is C7H16N2. The Morgan fingerprint density at radius 2 is 2.22 bits per heavy atom. The molecule has 1 heterocycles. The summed E-state index contributed by atoms with van der Waals surface area (Å²) in [6, 6.07) is 0.406. The summed E-state index contributed by atoms with van der Waals surface area (Å²) in [5.74, 6) is 0.723. The molecule has 1 fully saturated rings. The second-order valence-electron chi connectivity index (χ2n) is 3.19. The predicted octanol–water partition coefficient (Wildman–Crippen LogP) is 0.285. The average Bonchev–Trinajstić information content (AvgIpc) is 1.80. The highest BCUT2D eigenvalue weighted by Gasteiger charge is 2.19. The van der Waals surface area contributed by atoms with Crippen LogP contribution in [0.2, 0.25) is 0 Å². The van der Waals surface area contributed by atoms with Crippen molar-refractivity contribution in [3.05, 3.63) is 0 Å². The molecule has 0 aliphatic carbocycles. The third-order valence-electron chi connectivity index (χ3n) is 2.22. The lowest BCUT2D eigenvalue weighted by Crippen LogP contribution is -2.45. The summed E-state index contributed by atoms with van der Waals surface area (Å²) in [6.45, 7) is 4.52. The minimum absolute atomic E-state index is 0.406. The highest BCUT2D eigenvalue weighted by molar-refractivity contribution is 4.78. The van der Waals surface area contributed by atoms with Crippen LogP contribution < -0.4 is 5.73 Å². The van der Waals surface area contributed by atoms with E-state index in [0.29, 0.717) is 6.04 Å². The van der Waals surface area contributed by atoms with Gasteiger partial charge in [-0.2, -0.15) is 0 Å². The van der Waals surface area contributed by atoms with E-state index in [-0.39, 0.29) is 0 Å². The van der Waals surface area contributed by atoms with Crippen molar-refractivity contribution in [1.82, 2.24) is 4.90 Å². The van der Waals surface area contributed by atoms with Crippen LogP contribution >= 0.6 is 0 Å². The quantitative estimate of drug-likeness (QED) is 0.508. The molecule has 1 aliphatic rings. The Morgan fingerprint density at radius 3 is 2.67 bits per heavy atom. The number of piperidine rings is 1. The van der Waals surface area contributed by atoms with Gasteiger partial charge in [-0.3, -0.25) is 0 Å². The van der Waals surface area contributed by atoms with Gasteiger partial charge in [0.15, 0.2) is 0 Å². The van der Waals surface area contributed by atoms with Crippen molar-refractivity contribution in [1.29, 1.82) is 0 Å². The van der Waals surface area contributed by atoms with Gasteiger partial charge < -0.3 is 10.6 Å². The SMILES string of the molecule is C[C@@H]1CCN(C)C[C@@H]1N. The van der Waals surface area contributed by atoms with Crippen LogP contribution in [0.15, 0.2) is 0 Å². The maximum absolute atomic E-state index is 5.83. The molecule has 1 saturated heterocycles. The van der Waals surface area contributed by atoms with Crippen molar-refractivity contribution in [3.63, 3.8) is 0 Å². The molecule has 0 saturated carbocycles. The van der Waals surface area contributed by atoms with Gasteiger partial charge in [0, 0.05) is 12.6 Å². The van der Waals surface area contributed by atoms with Crippen LogP contribution in [-0.2, 0) is 0 Å². The molecule has 0 aromatic heterocycles. The molecule has 0 aromatic carbocycles. The molecule has 1 aliphatic heterocycles. The van der Waals surface area contributed by atoms with Crippen molar-refractivity contribution in [2.45, 2.75) is 19.4 Å². The largest absolute Gasteiger partial charge is 0.326 e. The highest BCUT2D eigenvalue weighted by Crippen LogP contribution is 2.13. The fourth-order valence-corrected chi connectivity index (χ4v) is 1.27. The summed E-state index contributed by atoms with van der Waals surface area (Å²) >= 11 is 0. The molecule has 2 heteroatoms. The van der Waals surface area contributed by atoms with Crippen molar-refractivity contribution in [3.8, 4) is 0 Å². The second kappa shape index (κ2) is 2.67. The Hall–Kier alpha value is -0.0800. The van der Waals surface area contributed by atoms with Crippen LogP contribution in [0, 0.1) is 5.92 Å². The zero-order valence-electron chi connectivity index (χ0n) is 6.30. The number of rotatable bonds is 0. The molecule has 0 radical (unpaired) electrons. The number of hydrogen-bond acceptors (Lipinski definition) is 2. The molecule has 54 valence electrons. The van der Waals surface area contributed by atoms with Crippen molar-refractivity contribution < 1.29 is 0 Å². The Labute approximate surface area is 57.0 Å². The van der Waals surface area contributed by atoms with Crippen LogP contribution in [0.5, 0.6) is 0 Å². The molecule has 0 aromatic rings. The first-order valence-electron chi connectivity index (χ1n) is 3.64. The van der Waals surface area contributed by atoms with E-state index in [1.54, 1.807) is 0 Å². The summed E-state index contributed by atoms with van der Waals surface area (Å²) in [5.41, 5.74) is 5.83. The monoisotopic (exact) mass is 128 g/mol. The summed E-state index contributed by atoms with van der Waals surface area (Å²) in [7, 11) is 2.13. The average molecular weight is 128 g/mol. The normalized spacial score (nSPS) is 39.0. The minimum atomic E-state index is 0.406. The molecular weight excluding hydrogens is 112 g/mol. The first-order chi connectivity index (χ1) is 4.20. The van der Waals surface area contributed by atoms with E-state index in [9.17, 15) is 0 Å². The number of hydrogen-bond donors (Lipinski definition) is 1. The fraction of sp³-hybridized carbons (Fsp3) is 1.00. The van der Waals surface area contributed by atoms with E-state index < -0.39 is 0 Å². The van der Waals surface area contributed by atoms with E-state index in [0.717, 1.165) is 12.5 Å². The number of nitrogens with two attached hydrogens (primary N) is 1. The van der Waals surface area contributed by atoms with E-state index in [1.807, 2.05) is 0 Å². The Bertz CT molecular complexity index is 92.9. The number of nitrogens with zero attached hydrogens (tertiary/aromatic N) is 1. The van der Waals surface area contributed by atoms with Crippen LogP contribution in [0.3, 0.4) is 0 Å². The fourth-order valence-electron chi connectivity index (χ4n) is 1.27. The maximum Gasteiger partial charge on any atom is 0.0194 e. The van der Waals surface area contributed by atoms with Gasteiger partial charge in [0.1, 0.15) is 0 Å². The zero-order chi connectivity index (χ0) is 6.85. The van der Waals surface area contributed by atoms with E-state index >= 15 is 0 Å². The van der Waals surface area contributed by atoms with Gasteiger partial charge in [-0.25, -0.2) is 0 Å². The number of likely N-dealkylation sites (tertiary alicyclic amines) is 1. The van der Waals surface area contributed by atoms with Crippen molar-refractivity contribution >= 4 is 0 Å². The summed E-state index contributed by atoms with van der Waals surface area (Å²) in [5, 5.41) is 0. The summed E-state index contributed by atoms with van der Waals surface area (Å²) in [6.07, 6.45) is 1.26. The molecule has 0 unspecified atom stereocenters. The Kier molecular flexibility index (Phi) is 2.09. The lowest BCUT2D eigenvalue weighted by atomic mass is 9.95. The first-order valence-corrected chi connectivity index (χ1v) is 3.64. The first kappa shape index (κ1) is 7.03. The van der Waals surface area contributed by atoms with E-state index in [1.165, 1.54) is 13.0 Å². The lowest BCUT2D eigenvalue weighted by Gasteiger charge is -2.32. The second-order valence-corrected chi connectivity index (χ2v) is 3.19. The van der Waals surface area contributed by atoms with Gasteiger partial charge in [-0.05, 0) is 25.9 Å². The van der Waals surface area contributed by atoms with Gasteiger partial charge in [-0.15, -0.1) is 0 Å². The van der Waals surface area contributed by atoms with E-state index in [4.69, 9.17) is 5.73 Å². The highest BCUT2D eigenvalue weighted by atomic mass is 15.1. The Morgan fingerprint density at radius 1 is 1.56 bits per heavy atom. The van der Waals surface area contributed by atoms with Gasteiger partial charge in [0.25, 0.3) is 0 Å². The molecule has 0 bridgehead atoms. The lowest BCUT2D eigenvalue weighted by molar-refractivity contribution is 0.201. The molecule has 0 spiro atoms. The smallest absolute Gasteiger partial charge is 0.0194 e. The standard InChI is InChI=1S/C7H16N2/c1-6-3-4-9(2)5-7(6)8/h6-7H,3-5,8H2,1-2H3/t6-,7+/m1/s1. The maximum atomic E-state index is 5.83. The van der Waals surface area contributed by atoms with E-state index in [2.05, 4.69) is 18.9 Å². The molecule has 2 atom stereocenters. The van der Waals surface area contributed by atoms with Crippen LogP contribution in [0.4, 0.5) is 0 Å². The molecule has 1 rings (SSSR count). The van der Waals surface area contributed by atoms with Crippen molar-refractivity contribution in [2.24, 2.45) is 11.7 Å². The molecule has 2 nitrogen and oxygen atoms in total. The van der Waals surface area contributed by atoms with Crippen molar-refractivity contribution in [2.75, 3.05) is 20.1 Å².